The van der Waals surface area contributed by atoms with Crippen molar-refractivity contribution in [2.24, 2.45) is 0 Å². The Morgan fingerprint density at radius 3 is 2.69 bits per heavy atom. The molecule has 0 saturated carbocycles. The predicted molar refractivity (Wildman–Crippen MR) is 63.7 cm³/mol. The summed E-state index contributed by atoms with van der Waals surface area (Å²) in [6.45, 7) is 0.590. The van der Waals surface area contributed by atoms with Crippen molar-refractivity contribution in [3.63, 3.8) is 0 Å². The van der Waals surface area contributed by atoms with Gasteiger partial charge in [-0.3, -0.25) is 9.69 Å². The molecule has 2 heterocycles. The highest BCUT2D eigenvalue weighted by molar-refractivity contribution is 9.09. The summed E-state index contributed by atoms with van der Waals surface area (Å²) in [6.07, 6.45) is 1.82. The Bertz CT molecular complexity index is 398. The zero-order valence-electron chi connectivity index (χ0n) is 8.38. The van der Waals surface area contributed by atoms with Crippen LogP contribution in [0.5, 0.6) is 0 Å². The minimum Gasteiger partial charge on any atom is -0.423 e. The maximum atomic E-state index is 11.6. The molecule has 84 valence electrons. The van der Waals surface area contributed by atoms with Crippen molar-refractivity contribution in [1.82, 2.24) is 4.98 Å². The molecule has 1 amide bonds. The van der Waals surface area contributed by atoms with Crippen LogP contribution in [0.2, 0.25) is 0 Å². The van der Waals surface area contributed by atoms with Crippen LogP contribution in [0.15, 0.2) is 18.3 Å². The van der Waals surface area contributed by atoms with Crippen molar-refractivity contribution in [3.8, 4) is 0 Å². The van der Waals surface area contributed by atoms with Gasteiger partial charge in [-0.25, -0.2) is 4.98 Å². The van der Waals surface area contributed by atoms with E-state index in [-0.39, 0.29) is 10.7 Å². The number of amides is 1. The van der Waals surface area contributed by atoms with Gasteiger partial charge in [0, 0.05) is 29.5 Å². The number of halogens is 1. The Morgan fingerprint density at radius 1 is 1.50 bits per heavy atom. The summed E-state index contributed by atoms with van der Waals surface area (Å²) < 4.78 is 0. The van der Waals surface area contributed by atoms with Crippen molar-refractivity contribution in [1.29, 1.82) is 0 Å². The van der Waals surface area contributed by atoms with E-state index in [4.69, 9.17) is 10.0 Å². The molecule has 1 aromatic heterocycles. The lowest BCUT2D eigenvalue weighted by Gasteiger charge is -2.14. The summed E-state index contributed by atoms with van der Waals surface area (Å²) in [5.41, 5.74) is 0.311. The predicted octanol–water partition coefficient (Wildman–Crippen LogP) is -0.738. The number of hydrogen-bond donors (Lipinski definition) is 2. The Morgan fingerprint density at radius 2 is 2.25 bits per heavy atom. The van der Waals surface area contributed by atoms with E-state index >= 15 is 0 Å². The van der Waals surface area contributed by atoms with Gasteiger partial charge in [-0.1, -0.05) is 22.0 Å². The lowest BCUT2D eigenvalue weighted by Crippen LogP contribution is -2.31. The van der Waals surface area contributed by atoms with E-state index in [9.17, 15) is 4.79 Å². The van der Waals surface area contributed by atoms with Gasteiger partial charge in [0.05, 0.1) is 0 Å². The molecule has 1 fully saturated rings. The number of carbonyl (C=O) groups excluding carboxylic acids is 1. The molecule has 0 spiro atoms. The summed E-state index contributed by atoms with van der Waals surface area (Å²) in [4.78, 5) is 17.3. The molecule has 0 radical (unpaired) electrons. The number of anilines is 1. The molecule has 2 N–H and O–H groups in total. The fourth-order valence-electron chi connectivity index (χ4n) is 1.60. The average Bonchev–Trinajstić information content (AvgIpc) is 2.58. The highest BCUT2D eigenvalue weighted by Crippen LogP contribution is 2.22. The highest BCUT2D eigenvalue weighted by Gasteiger charge is 2.29. The fraction of sp³-hybridized carbons (Fsp3) is 0.333. The highest BCUT2D eigenvalue weighted by atomic mass is 79.9. The number of carbonyl (C=O) groups is 1. The zero-order chi connectivity index (χ0) is 11.7. The molecule has 0 aromatic carbocycles. The van der Waals surface area contributed by atoms with E-state index in [0.717, 1.165) is 0 Å². The standard InChI is InChI=1S/C9H10BBrN2O3/c11-7-3-9(14)13(5-7)8-2-1-6(4-12-8)10(15)16/h1-2,4,7,15-16H,3,5H2. The second kappa shape index (κ2) is 4.53. The molecule has 1 atom stereocenters. The lowest BCUT2D eigenvalue weighted by atomic mass is 9.82. The van der Waals surface area contributed by atoms with E-state index in [1.807, 2.05) is 0 Å². The summed E-state index contributed by atoms with van der Waals surface area (Å²) in [6, 6.07) is 3.15. The van der Waals surface area contributed by atoms with E-state index in [0.29, 0.717) is 24.2 Å². The molecule has 1 aliphatic rings. The smallest absolute Gasteiger partial charge is 0.423 e. The summed E-state index contributed by atoms with van der Waals surface area (Å²) in [5, 5.41) is 17.8. The maximum Gasteiger partial charge on any atom is 0.490 e. The minimum atomic E-state index is -1.53. The normalized spacial score (nSPS) is 20.3. The number of nitrogens with zero attached hydrogens (tertiary/aromatic N) is 2. The molecule has 0 aliphatic carbocycles. The molecule has 1 unspecified atom stereocenters. The molecule has 0 bridgehead atoms. The van der Waals surface area contributed by atoms with Crippen LogP contribution in [0.25, 0.3) is 0 Å². The van der Waals surface area contributed by atoms with Crippen LogP contribution >= 0.6 is 15.9 Å². The zero-order valence-corrected chi connectivity index (χ0v) is 9.96. The number of pyridine rings is 1. The van der Waals surface area contributed by atoms with Crippen molar-refractivity contribution in [2.45, 2.75) is 11.2 Å². The first-order chi connectivity index (χ1) is 7.58. The van der Waals surface area contributed by atoms with E-state index in [1.165, 1.54) is 6.20 Å². The van der Waals surface area contributed by atoms with E-state index in [1.54, 1.807) is 17.0 Å². The van der Waals surface area contributed by atoms with Gasteiger partial charge in [0.15, 0.2) is 0 Å². The topological polar surface area (TPSA) is 73.7 Å². The molecule has 1 aliphatic heterocycles. The molecule has 1 aromatic rings. The van der Waals surface area contributed by atoms with Crippen LogP contribution in [-0.4, -0.2) is 39.4 Å². The van der Waals surface area contributed by atoms with Crippen LogP contribution in [0, 0.1) is 0 Å². The largest absolute Gasteiger partial charge is 0.490 e. The van der Waals surface area contributed by atoms with E-state index < -0.39 is 7.12 Å². The van der Waals surface area contributed by atoms with Gasteiger partial charge >= 0.3 is 7.12 Å². The van der Waals surface area contributed by atoms with Crippen molar-refractivity contribution < 1.29 is 14.8 Å². The second-order valence-corrected chi connectivity index (χ2v) is 4.92. The van der Waals surface area contributed by atoms with Crippen molar-refractivity contribution in [3.05, 3.63) is 18.3 Å². The van der Waals surface area contributed by atoms with Gasteiger partial charge in [-0.15, -0.1) is 0 Å². The molecular formula is C9H10BBrN2O3. The van der Waals surface area contributed by atoms with Crippen LogP contribution < -0.4 is 10.4 Å². The Balaban J connectivity index is 2.19. The number of rotatable bonds is 2. The maximum absolute atomic E-state index is 11.6. The molecule has 5 nitrogen and oxygen atoms in total. The van der Waals surface area contributed by atoms with E-state index in [2.05, 4.69) is 20.9 Å². The SMILES string of the molecule is O=C1CC(Br)CN1c1ccc(B(O)O)cn1. The van der Waals surface area contributed by atoms with Gasteiger partial charge in [0.1, 0.15) is 5.82 Å². The van der Waals surface area contributed by atoms with Crippen molar-refractivity contribution in [2.75, 3.05) is 11.4 Å². The van der Waals surface area contributed by atoms with Gasteiger partial charge < -0.3 is 10.0 Å². The molecule has 2 rings (SSSR count). The van der Waals surface area contributed by atoms with Gasteiger partial charge in [-0.05, 0) is 6.07 Å². The van der Waals surface area contributed by atoms with Crippen LogP contribution in [0.1, 0.15) is 6.42 Å². The van der Waals surface area contributed by atoms with Gasteiger partial charge in [-0.2, -0.15) is 0 Å². The van der Waals surface area contributed by atoms with Gasteiger partial charge in [0.25, 0.3) is 0 Å². The quantitative estimate of drug-likeness (QED) is 0.554. The lowest BCUT2D eigenvalue weighted by molar-refractivity contribution is -0.117. The number of alkyl halides is 1. The van der Waals surface area contributed by atoms with Crippen molar-refractivity contribution >= 4 is 40.2 Å². The third-order valence-corrected chi connectivity index (χ3v) is 3.04. The first kappa shape index (κ1) is 11.6. The number of aromatic nitrogens is 1. The molecular weight excluding hydrogens is 275 g/mol. The summed E-state index contributed by atoms with van der Waals surface area (Å²) in [7, 11) is -1.53. The van der Waals surface area contributed by atoms with Gasteiger partial charge in [0.2, 0.25) is 5.91 Å². The van der Waals surface area contributed by atoms with Crippen LogP contribution in [-0.2, 0) is 4.79 Å². The Kier molecular flexibility index (Phi) is 3.27. The summed E-state index contributed by atoms with van der Waals surface area (Å²) in [5.74, 6) is 0.558. The minimum absolute atomic E-state index is 0.0201. The third kappa shape index (κ3) is 2.26. The summed E-state index contributed by atoms with van der Waals surface area (Å²) >= 11 is 3.38. The fourth-order valence-corrected chi connectivity index (χ4v) is 2.16. The molecule has 7 heteroatoms. The monoisotopic (exact) mass is 284 g/mol. The first-order valence-electron chi connectivity index (χ1n) is 4.84. The van der Waals surface area contributed by atoms with Crippen LogP contribution in [0.3, 0.4) is 0 Å². The number of hydrogen-bond acceptors (Lipinski definition) is 4. The molecule has 16 heavy (non-hydrogen) atoms. The first-order valence-corrected chi connectivity index (χ1v) is 5.76. The Hall–Kier alpha value is -0.915. The molecule has 1 saturated heterocycles. The third-order valence-electron chi connectivity index (χ3n) is 2.42. The average molecular weight is 285 g/mol. The van der Waals surface area contributed by atoms with Crippen LogP contribution in [0.4, 0.5) is 5.82 Å². The second-order valence-electron chi connectivity index (χ2n) is 3.63. The Labute approximate surface area is 101 Å².